The highest BCUT2D eigenvalue weighted by atomic mass is 32.2. The number of sulfonamides is 1. The third-order valence-corrected chi connectivity index (χ3v) is 5.38. The minimum Gasteiger partial charge on any atom is -0.497 e. The normalized spacial score (nSPS) is 13.6. The van der Waals surface area contributed by atoms with Crippen molar-refractivity contribution in [3.63, 3.8) is 0 Å². The molecule has 2 atom stereocenters. The maximum atomic E-state index is 12.6. The predicted molar refractivity (Wildman–Crippen MR) is 99.9 cm³/mol. The number of aliphatic hydroxyl groups is 1. The minimum atomic E-state index is -4.04. The topological polar surface area (TPSA) is 102 Å². The second-order valence-corrected chi connectivity index (χ2v) is 7.60. The van der Waals surface area contributed by atoms with Crippen LogP contribution >= 0.6 is 0 Å². The first-order valence-electron chi connectivity index (χ1n) is 8.36. The Morgan fingerprint density at radius 3 is 2.22 bits per heavy atom. The minimum absolute atomic E-state index is 0.00988. The number of ether oxygens (including phenoxy) is 2. The van der Waals surface area contributed by atoms with Gasteiger partial charge in [-0.25, -0.2) is 8.42 Å². The average molecular weight is 393 g/mol. The molecular weight excluding hydrogens is 370 g/mol. The van der Waals surface area contributed by atoms with E-state index >= 15 is 0 Å². The first-order valence-corrected chi connectivity index (χ1v) is 9.84. The zero-order valence-corrected chi connectivity index (χ0v) is 16.2. The zero-order chi connectivity index (χ0) is 20.0. The lowest BCUT2D eigenvalue weighted by Gasteiger charge is -2.23. The maximum Gasteiger partial charge on any atom is 0.327 e. The van der Waals surface area contributed by atoms with E-state index in [0.717, 1.165) is 5.56 Å². The molecule has 0 fully saturated rings. The number of methoxy groups -OCH3 is 1. The van der Waals surface area contributed by atoms with Crippen LogP contribution in [0.1, 0.15) is 24.2 Å². The summed E-state index contributed by atoms with van der Waals surface area (Å²) in [4.78, 5) is 12.3. The summed E-state index contributed by atoms with van der Waals surface area (Å²) in [6, 6.07) is 11.0. The molecule has 0 bridgehead atoms. The number of carbonyl (C=O) groups is 1. The Morgan fingerprint density at radius 2 is 1.70 bits per heavy atom. The lowest BCUT2D eigenvalue weighted by molar-refractivity contribution is -0.148. The Hall–Kier alpha value is -2.42. The first kappa shape index (κ1) is 20.9. The Balaban J connectivity index is 2.32. The largest absolute Gasteiger partial charge is 0.497 e. The molecule has 0 radical (unpaired) electrons. The van der Waals surface area contributed by atoms with E-state index in [4.69, 9.17) is 9.47 Å². The summed E-state index contributed by atoms with van der Waals surface area (Å²) in [5.74, 6) is -0.296. The van der Waals surface area contributed by atoms with Crippen LogP contribution in [-0.2, 0) is 19.6 Å². The van der Waals surface area contributed by atoms with Gasteiger partial charge in [-0.05, 0) is 43.7 Å². The number of rotatable bonds is 8. The number of hydrogen-bond acceptors (Lipinski definition) is 6. The third-order valence-electron chi connectivity index (χ3n) is 3.93. The van der Waals surface area contributed by atoms with Gasteiger partial charge >= 0.3 is 5.97 Å². The molecule has 27 heavy (non-hydrogen) atoms. The summed E-state index contributed by atoms with van der Waals surface area (Å²) >= 11 is 0. The van der Waals surface area contributed by atoms with Crippen LogP contribution < -0.4 is 9.46 Å². The fraction of sp³-hybridized carbons (Fsp3) is 0.316. The van der Waals surface area contributed by atoms with E-state index in [2.05, 4.69) is 4.72 Å². The number of benzene rings is 2. The van der Waals surface area contributed by atoms with Gasteiger partial charge < -0.3 is 14.6 Å². The van der Waals surface area contributed by atoms with Crippen molar-refractivity contribution in [3.8, 4) is 5.75 Å². The van der Waals surface area contributed by atoms with Crippen LogP contribution in [0.5, 0.6) is 5.75 Å². The van der Waals surface area contributed by atoms with Crippen molar-refractivity contribution in [2.24, 2.45) is 0 Å². The van der Waals surface area contributed by atoms with E-state index in [1.54, 1.807) is 43.3 Å². The van der Waals surface area contributed by atoms with Crippen molar-refractivity contribution in [1.82, 2.24) is 4.72 Å². The van der Waals surface area contributed by atoms with Gasteiger partial charge in [0.25, 0.3) is 0 Å². The van der Waals surface area contributed by atoms with Crippen molar-refractivity contribution in [2.75, 3.05) is 13.7 Å². The van der Waals surface area contributed by atoms with Crippen molar-refractivity contribution < 1.29 is 27.8 Å². The average Bonchev–Trinajstić information content (AvgIpc) is 2.66. The lowest BCUT2D eigenvalue weighted by atomic mass is 10.0. The van der Waals surface area contributed by atoms with E-state index in [1.165, 1.54) is 19.2 Å². The molecular formula is C19H23NO6S. The summed E-state index contributed by atoms with van der Waals surface area (Å²) < 4.78 is 37.6. The number of esters is 1. The molecule has 0 heterocycles. The molecule has 0 saturated heterocycles. The van der Waals surface area contributed by atoms with Crippen LogP contribution in [0.25, 0.3) is 0 Å². The van der Waals surface area contributed by atoms with Gasteiger partial charge in [0, 0.05) is 0 Å². The molecule has 0 spiro atoms. The summed E-state index contributed by atoms with van der Waals surface area (Å²) in [5.41, 5.74) is 1.25. The molecule has 0 aromatic heterocycles. The van der Waals surface area contributed by atoms with Crippen LogP contribution in [0, 0.1) is 6.92 Å². The Labute approximate surface area is 159 Å². The smallest absolute Gasteiger partial charge is 0.327 e. The molecule has 2 aromatic rings. The van der Waals surface area contributed by atoms with Gasteiger partial charge in [-0.15, -0.1) is 0 Å². The van der Waals surface area contributed by atoms with Gasteiger partial charge in [-0.1, -0.05) is 29.8 Å². The van der Waals surface area contributed by atoms with E-state index in [9.17, 15) is 18.3 Å². The Morgan fingerprint density at radius 1 is 1.11 bits per heavy atom. The number of aliphatic hydroxyl groups excluding tert-OH is 1. The fourth-order valence-electron chi connectivity index (χ4n) is 2.42. The summed E-state index contributed by atoms with van der Waals surface area (Å²) in [5, 5.41) is 10.6. The van der Waals surface area contributed by atoms with E-state index in [0.29, 0.717) is 11.3 Å². The van der Waals surface area contributed by atoms with E-state index in [1.807, 2.05) is 6.92 Å². The molecule has 8 heteroatoms. The molecule has 0 aliphatic heterocycles. The third kappa shape index (κ3) is 5.29. The van der Waals surface area contributed by atoms with Gasteiger partial charge in [-0.3, -0.25) is 4.79 Å². The number of carbonyl (C=O) groups excluding carboxylic acids is 1. The van der Waals surface area contributed by atoms with Crippen molar-refractivity contribution in [3.05, 3.63) is 59.7 Å². The molecule has 7 nitrogen and oxygen atoms in total. The van der Waals surface area contributed by atoms with Gasteiger partial charge in [0.2, 0.25) is 10.0 Å². The van der Waals surface area contributed by atoms with Crippen molar-refractivity contribution >= 4 is 16.0 Å². The number of nitrogens with one attached hydrogen (secondary N) is 1. The van der Waals surface area contributed by atoms with Crippen LogP contribution in [0.15, 0.2) is 53.4 Å². The van der Waals surface area contributed by atoms with E-state index in [-0.39, 0.29) is 11.5 Å². The highest BCUT2D eigenvalue weighted by Gasteiger charge is 2.34. The monoisotopic (exact) mass is 393 g/mol. The molecule has 2 N–H and O–H groups in total. The Kier molecular flexibility index (Phi) is 6.95. The van der Waals surface area contributed by atoms with Crippen molar-refractivity contribution in [1.29, 1.82) is 0 Å². The summed E-state index contributed by atoms with van der Waals surface area (Å²) in [6.45, 7) is 3.48. The first-order chi connectivity index (χ1) is 12.8. The predicted octanol–water partition coefficient (Wildman–Crippen LogP) is 1.95. The van der Waals surface area contributed by atoms with Crippen molar-refractivity contribution in [2.45, 2.75) is 30.9 Å². The maximum absolute atomic E-state index is 12.6. The van der Waals surface area contributed by atoms with Crippen LogP contribution in [0.4, 0.5) is 0 Å². The Bertz CT molecular complexity index is 862. The molecule has 0 saturated carbocycles. The molecule has 0 unspecified atom stereocenters. The molecule has 2 aromatic carbocycles. The highest BCUT2D eigenvalue weighted by Crippen LogP contribution is 2.23. The summed E-state index contributed by atoms with van der Waals surface area (Å²) in [7, 11) is -2.54. The fourth-order valence-corrected chi connectivity index (χ4v) is 3.61. The quantitative estimate of drug-likeness (QED) is 0.665. The number of hydrogen-bond donors (Lipinski definition) is 2. The van der Waals surface area contributed by atoms with E-state index < -0.39 is 28.1 Å². The summed E-state index contributed by atoms with van der Waals surface area (Å²) in [6.07, 6.45) is -1.44. The SMILES string of the molecule is CCOC(=O)[C@H](NS(=O)(=O)c1ccc(C)cc1)[C@H](O)c1ccc(OC)cc1. The molecule has 2 rings (SSSR count). The lowest BCUT2D eigenvalue weighted by Crippen LogP contribution is -2.45. The molecule has 0 aliphatic rings. The molecule has 0 amide bonds. The second kappa shape index (κ2) is 8.98. The highest BCUT2D eigenvalue weighted by molar-refractivity contribution is 7.89. The van der Waals surface area contributed by atoms with Gasteiger partial charge in [0.15, 0.2) is 0 Å². The van der Waals surface area contributed by atoms with Crippen LogP contribution in [0.3, 0.4) is 0 Å². The van der Waals surface area contributed by atoms with Crippen LogP contribution in [0.2, 0.25) is 0 Å². The molecule has 146 valence electrons. The van der Waals surface area contributed by atoms with Gasteiger partial charge in [0.1, 0.15) is 17.9 Å². The van der Waals surface area contributed by atoms with Gasteiger partial charge in [0.05, 0.1) is 18.6 Å². The van der Waals surface area contributed by atoms with Gasteiger partial charge in [-0.2, -0.15) is 4.72 Å². The second-order valence-electron chi connectivity index (χ2n) is 5.88. The standard InChI is InChI=1S/C19H23NO6S/c1-4-26-19(22)17(18(21)14-7-9-15(25-3)10-8-14)20-27(23,24)16-11-5-13(2)6-12-16/h5-12,17-18,20-21H,4H2,1-3H3/t17-,18-/m1/s1. The van der Waals surface area contributed by atoms with Crippen LogP contribution in [-0.4, -0.2) is 39.3 Å². The molecule has 0 aliphatic carbocycles. The number of aryl methyl sites for hydroxylation is 1. The zero-order valence-electron chi connectivity index (χ0n) is 15.4.